The van der Waals surface area contributed by atoms with E-state index < -0.39 is 27.7 Å². The number of nitro groups is 1. The van der Waals surface area contributed by atoms with Crippen molar-refractivity contribution < 1.29 is 19.2 Å². The third kappa shape index (κ3) is 3.50. The summed E-state index contributed by atoms with van der Waals surface area (Å²) in [5.74, 6) is -1.13. The largest absolute Gasteiger partial charge is 0.493 e. The Kier molecular flexibility index (Phi) is 4.64. The molecule has 0 aliphatic carbocycles. The highest BCUT2D eigenvalue weighted by Crippen LogP contribution is 2.38. The fourth-order valence-electron chi connectivity index (χ4n) is 2.25. The predicted octanol–water partition coefficient (Wildman–Crippen LogP) is -0.0990. The summed E-state index contributed by atoms with van der Waals surface area (Å²) in [4.78, 5) is 49.2. The van der Waals surface area contributed by atoms with Gasteiger partial charge >= 0.3 is 11.7 Å². The Morgan fingerprint density at radius 3 is 2.74 bits per heavy atom. The molecule has 0 aliphatic rings. The molecule has 12 heteroatoms. The standard InChI is InChI=1S/C15H10N4O7S/c1-7(20)26-13-9(19(23)24)3-8(4-10(13)25-2)5-11-14(22)18-15(27-11)17-12(21)6-16-18/h3-6H,1-2H3. The van der Waals surface area contributed by atoms with Gasteiger partial charge in [-0.25, -0.2) is 0 Å². The summed E-state index contributed by atoms with van der Waals surface area (Å²) in [6.07, 6.45) is 2.27. The average Bonchev–Trinajstić information content (AvgIpc) is 2.90. The van der Waals surface area contributed by atoms with Crippen LogP contribution in [0.5, 0.6) is 11.5 Å². The van der Waals surface area contributed by atoms with Crippen molar-refractivity contribution in [2.45, 2.75) is 6.92 Å². The van der Waals surface area contributed by atoms with Crippen LogP contribution >= 0.6 is 11.3 Å². The van der Waals surface area contributed by atoms with Crippen LogP contribution in [0.15, 0.2) is 27.9 Å². The van der Waals surface area contributed by atoms with Crippen LogP contribution in [0.1, 0.15) is 12.5 Å². The zero-order valence-electron chi connectivity index (χ0n) is 13.9. The van der Waals surface area contributed by atoms with Crippen molar-refractivity contribution in [2.24, 2.45) is 0 Å². The molecule has 0 fully saturated rings. The van der Waals surface area contributed by atoms with E-state index in [9.17, 15) is 24.5 Å². The third-order valence-electron chi connectivity index (χ3n) is 3.29. The molecule has 0 amide bonds. The minimum absolute atomic E-state index is 0.0510. The van der Waals surface area contributed by atoms with E-state index in [-0.39, 0.29) is 26.6 Å². The first-order chi connectivity index (χ1) is 12.8. The third-order valence-corrected chi connectivity index (χ3v) is 4.25. The molecule has 0 N–H and O–H groups in total. The van der Waals surface area contributed by atoms with Gasteiger partial charge in [0.15, 0.2) is 5.75 Å². The minimum atomic E-state index is -0.749. The van der Waals surface area contributed by atoms with Crippen LogP contribution in [0, 0.1) is 10.1 Å². The molecule has 0 radical (unpaired) electrons. The van der Waals surface area contributed by atoms with Crippen LogP contribution in [0.2, 0.25) is 0 Å². The molecule has 0 atom stereocenters. The zero-order valence-corrected chi connectivity index (χ0v) is 14.7. The van der Waals surface area contributed by atoms with Crippen molar-refractivity contribution in [2.75, 3.05) is 7.11 Å². The molecule has 3 aromatic rings. The number of hydrogen-bond acceptors (Lipinski definition) is 10. The Bertz CT molecular complexity index is 1250. The Hall–Kier alpha value is -3.67. The zero-order chi connectivity index (χ0) is 19.7. The van der Waals surface area contributed by atoms with Gasteiger partial charge in [-0.15, -0.1) is 0 Å². The molecule has 138 valence electrons. The molecule has 0 spiro atoms. The number of nitrogens with zero attached hydrogens (tertiary/aromatic N) is 4. The SMILES string of the molecule is COc1cc(C=c2sc3nc(=O)cnn3c2=O)cc([N+](=O)[O-])c1OC(C)=O. The number of fused-ring (bicyclic) bond motifs is 1. The number of rotatable bonds is 4. The van der Waals surface area contributed by atoms with Crippen LogP contribution < -0.4 is 25.1 Å². The van der Waals surface area contributed by atoms with Gasteiger partial charge in [0.1, 0.15) is 6.20 Å². The van der Waals surface area contributed by atoms with Gasteiger partial charge in [-0.2, -0.15) is 14.6 Å². The van der Waals surface area contributed by atoms with Gasteiger partial charge in [0.05, 0.1) is 16.6 Å². The summed E-state index contributed by atoms with van der Waals surface area (Å²) >= 11 is 0.901. The number of carbonyl (C=O) groups excluding carboxylic acids is 1. The molecule has 0 aliphatic heterocycles. The molecule has 1 aromatic carbocycles. The maximum absolute atomic E-state index is 12.3. The number of nitro benzene ring substituents is 1. The van der Waals surface area contributed by atoms with Crippen LogP contribution in [0.3, 0.4) is 0 Å². The quantitative estimate of drug-likeness (QED) is 0.258. The topological polar surface area (TPSA) is 143 Å². The molecule has 2 heterocycles. The number of esters is 1. The van der Waals surface area contributed by atoms with E-state index in [4.69, 9.17) is 9.47 Å². The molecule has 0 bridgehead atoms. The lowest BCUT2D eigenvalue weighted by atomic mass is 10.1. The molecule has 0 saturated carbocycles. The van der Waals surface area contributed by atoms with Gasteiger partial charge in [-0.1, -0.05) is 11.3 Å². The highest BCUT2D eigenvalue weighted by molar-refractivity contribution is 7.15. The van der Waals surface area contributed by atoms with E-state index >= 15 is 0 Å². The summed E-state index contributed by atoms with van der Waals surface area (Å²) in [6.45, 7) is 1.10. The maximum atomic E-state index is 12.3. The van der Waals surface area contributed by atoms with Gasteiger partial charge in [-0.3, -0.25) is 24.5 Å². The van der Waals surface area contributed by atoms with Crippen LogP contribution in [0.4, 0.5) is 5.69 Å². The summed E-state index contributed by atoms with van der Waals surface area (Å²) in [6, 6.07) is 2.51. The number of hydrogen-bond donors (Lipinski definition) is 0. The Labute approximate surface area is 153 Å². The second-order valence-corrected chi connectivity index (χ2v) is 6.14. The number of aromatic nitrogens is 3. The number of ether oxygens (including phenoxy) is 2. The molecule has 0 saturated heterocycles. The van der Waals surface area contributed by atoms with E-state index in [1.807, 2.05) is 0 Å². The monoisotopic (exact) mass is 390 g/mol. The van der Waals surface area contributed by atoms with E-state index in [2.05, 4.69) is 10.1 Å². The van der Waals surface area contributed by atoms with Crippen molar-refractivity contribution >= 4 is 34.0 Å². The highest BCUT2D eigenvalue weighted by atomic mass is 32.1. The van der Waals surface area contributed by atoms with Gasteiger partial charge in [0.2, 0.25) is 10.7 Å². The lowest BCUT2D eigenvalue weighted by Gasteiger charge is -2.09. The van der Waals surface area contributed by atoms with Gasteiger partial charge < -0.3 is 9.47 Å². The maximum Gasteiger partial charge on any atom is 0.316 e. The van der Waals surface area contributed by atoms with Crippen LogP contribution in [-0.2, 0) is 4.79 Å². The van der Waals surface area contributed by atoms with Crippen LogP contribution in [-0.4, -0.2) is 32.6 Å². The van der Waals surface area contributed by atoms with Crippen molar-refractivity contribution in [3.8, 4) is 11.5 Å². The normalized spacial score (nSPS) is 11.6. The van der Waals surface area contributed by atoms with Gasteiger partial charge in [0.25, 0.3) is 11.1 Å². The van der Waals surface area contributed by atoms with Crippen LogP contribution in [0.25, 0.3) is 11.0 Å². The fraction of sp³-hybridized carbons (Fsp3) is 0.133. The minimum Gasteiger partial charge on any atom is -0.493 e. The molecule has 2 aromatic heterocycles. The van der Waals surface area contributed by atoms with E-state index in [0.29, 0.717) is 0 Å². The highest BCUT2D eigenvalue weighted by Gasteiger charge is 2.23. The number of benzene rings is 1. The smallest absolute Gasteiger partial charge is 0.316 e. The van der Waals surface area contributed by atoms with Crippen molar-refractivity contribution in [1.82, 2.24) is 14.6 Å². The van der Waals surface area contributed by atoms with Gasteiger partial charge in [0, 0.05) is 13.0 Å². The Morgan fingerprint density at radius 2 is 2.11 bits per heavy atom. The summed E-state index contributed by atoms with van der Waals surface area (Å²) in [5.41, 5.74) is -1.38. The first kappa shape index (κ1) is 18.1. The Morgan fingerprint density at radius 1 is 1.37 bits per heavy atom. The molecule has 3 rings (SSSR count). The molecule has 11 nitrogen and oxygen atoms in total. The molecule has 0 unspecified atom stereocenters. The predicted molar refractivity (Wildman–Crippen MR) is 93.1 cm³/mol. The second kappa shape index (κ2) is 6.92. The molecular formula is C15H10N4O7S. The Balaban J connectivity index is 2.25. The van der Waals surface area contributed by atoms with E-state index in [0.717, 1.165) is 35.0 Å². The first-order valence-corrected chi connectivity index (χ1v) is 8.07. The van der Waals surface area contributed by atoms with E-state index in [1.165, 1.54) is 19.3 Å². The lowest BCUT2D eigenvalue weighted by Crippen LogP contribution is -2.25. The lowest BCUT2D eigenvalue weighted by molar-refractivity contribution is -0.385. The van der Waals surface area contributed by atoms with E-state index in [1.54, 1.807) is 0 Å². The second-order valence-electron chi connectivity index (χ2n) is 5.13. The van der Waals surface area contributed by atoms with Gasteiger partial charge in [-0.05, 0) is 17.7 Å². The fourth-order valence-corrected chi connectivity index (χ4v) is 3.16. The molecular weight excluding hydrogens is 380 g/mol. The number of thiazole rings is 1. The summed E-state index contributed by atoms with van der Waals surface area (Å²) in [7, 11) is 1.26. The number of carbonyl (C=O) groups is 1. The van der Waals surface area contributed by atoms with Crippen molar-refractivity contribution in [1.29, 1.82) is 0 Å². The molecule has 27 heavy (non-hydrogen) atoms. The average molecular weight is 390 g/mol. The number of methoxy groups -OCH3 is 1. The summed E-state index contributed by atoms with van der Waals surface area (Å²) in [5, 5.41) is 15.0. The van der Waals surface area contributed by atoms with Crippen molar-refractivity contribution in [3.05, 3.63) is 59.2 Å². The summed E-state index contributed by atoms with van der Waals surface area (Å²) < 4.78 is 11.1. The first-order valence-electron chi connectivity index (χ1n) is 7.25. The van der Waals surface area contributed by atoms with Crippen molar-refractivity contribution in [3.63, 3.8) is 0 Å².